The third kappa shape index (κ3) is 4.50. The molecule has 0 aliphatic rings. The maximum absolute atomic E-state index is 13.0. The number of halogens is 1. The molecule has 0 saturated heterocycles. The van der Waals surface area contributed by atoms with E-state index in [4.69, 9.17) is 5.11 Å². The highest BCUT2D eigenvalue weighted by molar-refractivity contribution is 5.92. The Bertz CT molecular complexity index is 831. The van der Waals surface area contributed by atoms with Crippen LogP contribution in [0.25, 0.3) is 5.69 Å². The maximum Gasteiger partial charge on any atom is 0.305 e. The molecule has 0 atom stereocenters. The van der Waals surface area contributed by atoms with Crippen molar-refractivity contribution in [1.29, 1.82) is 0 Å². The number of aliphatic carboxylic acids is 1. The van der Waals surface area contributed by atoms with Gasteiger partial charge in [-0.05, 0) is 44.2 Å². The number of amides is 1. The zero-order chi connectivity index (χ0) is 18.6. The predicted molar refractivity (Wildman–Crippen MR) is 88.2 cm³/mol. The summed E-state index contributed by atoms with van der Waals surface area (Å²) in [6.07, 6.45) is -0.193. The van der Waals surface area contributed by atoms with E-state index in [2.05, 4.69) is 5.10 Å². The summed E-state index contributed by atoms with van der Waals surface area (Å²) in [5, 5.41) is 12.9. The summed E-state index contributed by atoms with van der Waals surface area (Å²) in [6, 6.07) is 7.38. The van der Waals surface area contributed by atoms with E-state index in [0.717, 1.165) is 4.68 Å². The van der Waals surface area contributed by atoms with E-state index in [1.165, 1.54) is 41.3 Å². The van der Waals surface area contributed by atoms with Crippen molar-refractivity contribution in [2.24, 2.45) is 0 Å². The van der Waals surface area contributed by atoms with Crippen molar-refractivity contribution in [3.63, 3.8) is 0 Å². The molecule has 132 valence electrons. The first kappa shape index (κ1) is 18.3. The Balaban J connectivity index is 2.36. The van der Waals surface area contributed by atoms with Crippen molar-refractivity contribution in [1.82, 2.24) is 14.7 Å². The standard InChI is InChI=1S/C17H18FN3O4/c1-11(2)20(10-9-16(23)24)17(25)14-7-8-15(22)21(19-14)13-5-3-12(18)4-6-13/h3-8,11H,9-10H2,1-2H3,(H,23,24). The fraction of sp³-hybridized carbons (Fsp3) is 0.294. The van der Waals surface area contributed by atoms with E-state index < -0.39 is 23.3 Å². The first-order valence-corrected chi connectivity index (χ1v) is 7.68. The molecule has 7 nitrogen and oxygen atoms in total. The van der Waals surface area contributed by atoms with Gasteiger partial charge >= 0.3 is 5.97 Å². The van der Waals surface area contributed by atoms with Crippen LogP contribution >= 0.6 is 0 Å². The molecule has 2 rings (SSSR count). The van der Waals surface area contributed by atoms with Crippen molar-refractivity contribution in [3.05, 3.63) is 58.3 Å². The third-order valence-corrected chi connectivity index (χ3v) is 3.54. The first-order chi connectivity index (χ1) is 11.8. The smallest absolute Gasteiger partial charge is 0.305 e. The number of carboxylic acids is 1. The van der Waals surface area contributed by atoms with Crippen molar-refractivity contribution in [2.75, 3.05) is 6.54 Å². The average molecular weight is 347 g/mol. The van der Waals surface area contributed by atoms with Crippen LogP contribution in [0.3, 0.4) is 0 Å². The van der Waals surface area contributed by atoms with Crippen LogP contribution in [-0.2, 0) is 4.79 Å². The molecular weight excluding hydrogens is 329 g/mol. The summed E-state index contributed by atoms with van der Waals surface area (Å²) < 4.78 is 14.0. The lowest BCUT2D eigenvalue weighted by atomic mass is 10.2. The summed E-state index contributed by atoms with van der Waals surface area (Å²) in [7, 11) is 0. The summed E-state index contributed by atoms with van der Waals surface area (Å²) >= 11 is 0. The normalized spacial score (nSPS) is 10.7. The molecule has 2 aromatic rings. The maximum atomic E-state index is 13.0. The molecule has 8 heteroatoms. The van der Waals surface area contributed by atoms with Gasteiger partial charge in [-0.1, -0.05) is 0 Å². The Hall–Kier alpha value is -3.03. The lowest BCUT2D eigenvalue weighted by Gasteiger charge is -2.25. The van der Waals surface area contributed by atoms with Gasteiger partial charge < -0.3 is 10.0 Å². The SMILES string of the molecule is CC(C)N(CCC(=O)O)C(=O)c1ccc(=O)n(-c2ccc(F)cc2)n1. The lowest BCUT2D eigenvalue weighted by Crippen LogP contribution is -2.39. The number of aromatic nitrogens is 2. The zero-order valence-corrected chi connectivity index (χ0v) is 13.8. The molecule has 0 radical (unpaired) electrons. The Kier molecular flexibility index (Phi) is 5.63. The monoisotopic (exact) mass is 347 g/mol. The van der Waals surface area contributed by atoms with E-state index in [-0.39, 0.29) is 24.7 Å². The fourth-order valence-corrected chi connectivity index (χ4v) is 2.25. The van der Waals surface area contributed by atoms with E-state index in [1.54, 1.807) is 13.8 Å². The minimum absolute atomic E-state index is 0.00279. The van der Waals surface area contributed by atoms with Crippen LogP contribution in [0, 0.1) is 5.82 Å². The predicted octanol–water partition coefficient (Wildman–Crippen LogP) is 1.70. The molecule has 0 spiro atoms. The van der Waals surface area contributed by atoms with Gasteiger partial charge in [-0.15, -0.1) is 0 Å². The van der Waals surface area contributed by atoms with E-state index in [0.29, 0.717) is 5.69 Å². The fourth-order valence-electron chi connectivity index (χ4n) is 2.25. The van der Waals surface area contributed by atoms with Crippen LogP contribution < -0.4 is 5.56 Å². The minimum atomic E-state index is -1.01. The molecule has 1 aromatic heterocycles. The van der Waals surface area contributed by atoms with Gasteiger partial charge in [0.2, 0.25) is 0 Å². The van der Waals surface area contributed by atoms with Crippen LogP contribution in [0.5, 0.6) is 0 Å². The van der Waals surface area contributed by atoms with Crippen LogP contribution in [0.4, 0.5) is 4.39 Å². The van der Waals surface area contributed by atoms with Gasteiger partial charge in [-0.25, -0.2) is 4.39 Å². The molecule has 0 aliphatic carbocycles. The van der Waals surface area contributed by atoms with E-state index in [9.17, 15) is 18.8 Å². The summed E-state index contributed by atoms with van der Waals surface area (Å²) in [6.45, 7) is 3.55. The van der Waals surface area contributed by atoms with Gasteiger partial charge in [0.1, 0.15) is 11.5 Å². The number of carbonyl (C=O) groups is 2. The zero-order valence-electron chi connectivity index (χ0n) is 13.8. The van der Waals surface area contributed by atoms with Crippen LogP contribution in [0.15, 0.2) is 41.2 Å². The number of benzene rings is 1. The van der Waals surface area contributed by atoms with E-state index >= 15 is 0 Å². The second-order valence-electron chi connectivity index (χ2n) is 5.68. The van der Waals surface area contributed by atoms with Gasteiger partial charge in [-0.2, -0.15) is 9.78 Å². The Labute approximate surface area is 143 Å². The minimum Gasteiger partial charge on any atom is -0.481 e. The second kappa shape index (κ2) is 7.69. The number of carbonyl (C=O) groups excluding carboxylic acids is 1. The first-order valence-electron chi connectivity index (χ1n) is 7.68. The van der Waals surface area contributed by atoms with Crippen molar-refractivity contribution in [2.45, 2.75) is 26.3 Å². The Morgan fingerprint density at radius 3 is 2.40 bits per heavy atom. The van der Waals surface area contributed by atoms with Gasteiger partial charge in [-0.3, -0.25) is 14.4 Å². The highest BCUT2D eigenvalue weighted by Crippen LogP contribution is 2.09. The molecule has 1 amide bonds. The highest BCUT2D eigenvalue weighted by atomic mass is 19.1. The molecule has 1 heterocycles. The molecular formula is C17H18FN3O4. The van der Waals surface area contributed by atoms with Gasteiger partial charge in [0.05, 0.1) is 12.1 Å². The molecule has 25 heavy (non-hydrogen) atoms. The second-order valence-corrected chi connectivity index (χ2v) is 5.68. The molecule has 0 unspecified atom stereocenters. The molecule has 0 saturated carbocycles. The molecule has 1 N–H and O–H groups in total. The number of hydrogen-bond donors (Lipinski definition) is 1. The molecule has 0 aliphatic heterocycles. The van der Waals surface area contributed by atoms with Gasteiger partial charge in [0.15, 0.2) is 0 Å². The summed E-state index contributed by atoms with van der Waals surface area (Å²) in [4.78, 5) is 36.8. The highest BCUT2D eigenvalue weighted by Gasteiger charge is 2.21. The van der Waals surface area contributed by atoms with Gasteiger partial charge in [0, 0.05) is 18.7 Å². The van der Waals surface area contributed by atoms with Crippen LogP contribution in [0.2, 0.25) is 0 Å². The van der Waals surface area contributed by atoms with Crippen molar-refractivity contribution >= 4 is 11.9 Å². The molecule has 0 bridgehead atoms. The summed E-state index contributed by atoms with van der Waals surface area (Å²) in [5.74, 6) is -1.95. The molecule has 1 aromatic carbocycles. The Morgan fingerprint density at radius 2 is 1.84 bits per heavy atom. The quantitative estimate of drug-likeness (QED) is 0.858. The van der Waals surface area contributed by atoms with Crippen molar-refractivity contribution in [3.8, 4) is 5.69 Å². The van der Waals surface area contributed by atoms with Crippen LogP contribution in [0.1, 0.15) is 30.8 Å². The molecule has 0 fully saturated rings. The summed E-state index contributed by atoms with van der Waals surface area (Å²) in [5.41, 5.74) is -0.143. The van der Waals surface area contributed by atoms with Crippen LogP contribution in [-0.4, -0.2) is 44.3 Å². The van der Waals surface area contributed by atoms with Gasteiger partial charge in [0.25, 0.3) is 11.5 Å². The third-order valence-electron chi connectivity index (χ3n) is 3.54. The number of nitrogens with zero attached hydrogens (tertiary/aromatic N) is 3. The Morgan fingerprint density at radius 1 is 1.20 bits per heavy atom. The number of carboxylic acid groups (broad SMARTS) is 1. The number of hydrogen-bond acceptors (Lipinski definition) is 4. The number of rotatable bonds is 6. The topological polar surface area (TPSA) is 92.5 Å². The van der Waals surface area contributed by atoms with Crippen molar-refractivity contribution < 1.29 is 19.1 Å². The van der Waals surface area contributed by atoms with E-state index in [1.807, 2.05) is 0 Å². The largest absolute Gasteiger partial charge is 0.481 e. The lowest BCUT2D eigenvalue weighted by molar-refractivity contribution is -0.137. The average Bonchev–Trinajstić information content (AvgIpc) is 2.55.